The maximum Gasteiger partial charge on any atom is 0.345 e. The first-order valence-electron chi connectivity index (χ1n) is 4.82. The molecule has 1 aromatic heterocycles. The Morgan fingerprint density at radius 1 is 1.71 bits per heavy atom. The minimum Gasteiger partial charge on any atom is -0.477 e. The Bertz CT molecular complexity index is 518. The van der Waals surface area contributed by atoms with E-state index in [4.69, 9.17) is 5.11 Å². The number of carboxylic acids is 1. The molecule has 0 saturated carbocycles. The van der Waals surface area contributed by atoms with E-state index < -0.39 is 16.0 Å². The third-order valence-electron chi connectivity index (χ3n) is 1.97. The van der Waals surface area contributed by atoms with Crippen molar-refractivity contribution in [1.82, 2.24) is 4.72 Å². The molecule has 0 saturated heterocycles. The molecular weight excluding hydrogens is 262 g/mol. The highest BCUT2D eigenvalue weighted by atomic mass is 32.2. The van der Waals surface area contributed by atoms with Gasteiger partial charge in [0.05, 0.1) is 4.90 Å². The number of sulfonamides is 1. The zero-order chi connectivity index (χ0) is 13.1. The zero-order valence-electron chi connectivity index (χ0n) is 9.21. The molecule has 5 nitrogen and oxygen atoms in total. The molecule has 94 valence electrons. The number of aromatic carboxylic acids is 1. The second-order valence-electron chi connectivity index (χ2n) is 3.50. The molecule has 0 spiro atoms. The summed E-state index contributed by atoms with van der Waals surface area (Å²) in [6.45, 7) is 5.23. The average Bonchev–Trinajstić information content (AvgIpc) is 2.65. The molecule has 1 atom stereocenters. The van der Waals surface area contributed by atoms with Gasteiger partial charge in [-0.05, 0) is 19.4 Å². The van der Waals surface area contributed by atoms with Crippen molar-refractivity contribution in [1.29, 1.82) is 0 Å². The van der Waals surface area contributed by atoms with Crippen LogP contribution < -0.4 is 4.72 Å². The van der Waals surface area contributed by atoms with Crippen LogP contribution in [0.2, 0.25) is 0 Å². The van der Waals surface area contributed by atoms with Gasteiger partial charge in [-0.2, -0.15) is 0 Å². The predicted octanol–water partition coefficient (Wildman–Crippen LogP) is 1.69. The normalized spacial score (nSPS) is 13.2. The summed E-state index contributed by atoms with van der Waals surface area (Å²) in [5.74, 6) is -1.13. The van der Waals surface area contributed by atoms with Crippen LogP contribution in [0.4, 0.5) is 0 Å². The van der Waals surface area contributed by atoms with Gasteiger partial charge in [-0.25, -0.2) is 17.9 Å². The lowest BCUT2D eigenvalue weighted by Crippen LogP contribution is -2.31. The van der Waals surface area contributed by atoms with E-state index in [9.17, 15) is 13.2 Å². The summed E-state index contributed by atoms with van der Waals surface area (Å²) in [6, 6.07) is 0.876. The van der Waals surface area contributed by atoms with E-state index in [1.807, 2.05) is 0 Å². The average molecular weight is 275 g/mol. The highest BCUT2D eigenvalue weighted by molar-refractivity contribution is 7.89. The summed E-state index contributed by atoms with van der Waals surface area (Å²) in [5.41, 5.74) is 0. The molecule has 0 aliphatic carbocycles. The van der Waals surface area contributed by atoms with Gasteiger partial charge in [0.25, 0.3) is 0 Å². The summed E-state index contributed by atoms with van der Waals surface area (Å²) in [7, 11) is -3.65. The summed E-state index contributed by atoms with van der Waals surface area (Å²) in [6.07, 6.45) is 2.12. The first-order chi connectivity index (χ1) is 7.86. The Morgan fingerprint density at radius 2 is 2.35 bits per heavy atom. The van der Waals surface area contributed by atoms with E-state index >= 15 is 0 Å². The first-order valence-corrected chi connectivity index (χ1v) is 7.18. The van der Waals surface area contributed by atoms with E-state index in [0.717, 1.165) is 17.4 Å². The van der Waals surface area contributed by atoms with Crippen molar-refractivity contribution in [3.05, 3.63) is 29.0 Å². The van der Waals surface area contributed by atoms with Crippen LogP contribution in [0, 0.1) is 0 Å². The fourth-order valence-electron chi connectivity index (χ4n) is 1.20. The van der Waals surface area contributed by atoms with E-state index in [0.29, 0.717) is 6.42 Å². The van der Waals surface area contributed by atoms with E-state index in [-0.39, 0.29) is 15.8 Å². The van der Waals surface area contributed by atoms with Gasteiger partial charge in [0.15, 0.2) is 0 Å². The molecular formula is C10H13NO4S2. The van der Waals surface area contributed by atoms with Crippen molar-refractivity contribution in [3.8, 4) is 0 Å². The Kier molecular flexibility index (Phi) is 4.44. The van der Waals surface area contributed by atoms with Gasteiger partial charge in [-0.1, -0.05) is 6.08 Å². The predicted molar refractivity (Wildman–Crippen MR) is 65.9 cm³/mol. The van der Waals surface area contributed by atoms with Gasteiger partial charge in [-0.3, -0.25) is 0 Å². The Morgan fingerprint density at radius 3 is 2.82 bits per heavy atom. The zero-order valence-corrected chi connectivity index (χ0v) is 10.8. The lowest BCUT2D eigenvalue weighted by Gasteiger charge is -2.10. The number of rotatable bonds is 6. The summed E-state index contributed by atoms with van der Waals surface area (Å²) in [4.78, 5) is 10.6. The van der Waals surface area contributed by atoms with E-state index in [2.05, 4.69) is 11.3 Å². The third-order valence-corrected chi connectivity index (χ3v) is 4.61. The topological polar surface area (TPSA) is 83.5 Å². The minimum atomic E-state index is -3.65. The van der Waals surface area contributed by atoms with Gasteiger partial charge >= 0.3 is 5.97 Å². The molecule has 0 radical (unpaired) electrons. The molecule has 1 rings (SSSR count). The molecule has 0 fully saturated rings. The fraction of sp³-hybridized carbons (Fsp3) is 0.300. The lowest BCUT2D eigenvalue weighted by molar-refractivity contribution is 0.0702. The molecule has 1 heterocycles. The molecule has 0 bridgehead atoms. The summed E-state index contributed by atoms with van der Waals surface area (Å²) >= 11 is 0.886. The number of carboxylic acid groups (broad SMARTS) is 1. The van der Waals surface area contributed by atoms with Crippen LogP contribution in [0.15, 0.2) is 29.0 Å². The second kappa shape index (κ2) is 5.44. The van der Waals surface area contributed by atoms with Crippen LogP contribution in [0.5, 0.6) is 0 Å². The standard InChI is InChI=1S/C10H13NO4S2/c1-3-4-7(2)11-17(14,15)8-5-9(10(12)13)16-6-8/h3,5-7,11H,1,4H2,2H3,(H,12,13). The van der Waals surface area contributed by atoms with Crippen molar-refractivity contribution in [3.63, 3.8) is 0 Å². The fourth-order valence-corrected chi connectivity index (χ4v) is 3.57. The van der Waals surface area contributed by atoms with E-state index in [1.165, 1.54) is 5.38 Å². The number of hydrogen-bond donors (Lipinski definition) is 2. The van der Waals surface area contributed by atoms with Crippen molar-refractivity contribution in [2.75, 3.05) is 0 Å². The van der Waals surface area contributed by atoms with Gasteiger partial charge < -0.3 is 5.11 Å². The Balaban J connectivity index is 2.89. The summed E-state index contributed by atoms with van der Waals surface area (Å²) < 4.78 is 26.1. The maximum absolute atomic E-state index is 11.8. The molecule has 0 aliphatic heterocycles. The SMILES string of the molecule is C=CCC(C)NS(=O)(=O)c1csc(C(=O)O)c1. The molecule has 7 heteroatoms. The van der Waals surface area contributed by atoms with Crippen LogP contribution >= 0.6 is 11.3 Å². The molecule has 2 N–H and O–H groups in total. The molecule has 0 aliphatic rings. The van der Waals surface area contributed by atoms with Gasteiger partial charge in [0, 0.05) is 11.4 Å². The van der Waals surface area contributed by atoms with Crippen molar-refractivity contribution in [2.24, 2.45) is 0 Å². The quantitative estimate of drug-likeness (QED) is 0.774. The minimum absolute atomic E-state index is 0.00162. The molecule has 17 heavy (non-hydrogen) atoms. The van der Waals surface area contributed by atoms with Gasteiger partial charge in [0.1, 0.15) is 4.88 Å². The van der Waals surface area contributed by atoms with Crippen LogP contribution in [-0.4, -0.2) is 25.5 Å². The van der Waals surface area contributed by atoms with Crippen LogP contribution in [0.3, 0.4) is 0 Å². The third kappa shape index (κ3) is 3.65. The smallest absolute Gasteiger partial charge is 0.345 e. The highest BCUT2D eigenvalue weighted by Gasteiger charge is 2.20. The number of thiophene rings is 1. The lowest BCUT2D eigenvalue weighted by atomic mass is 10.3. The van der Waals surface area contributed by atoms with Crippen LogP contribution in [0.25, 0.3) is 0 Å². The molecule has 0 aromatic carbocycles. The Hall–Kier alpha value is -1.18. The van der Waals surface area contributed by atoms with Crippen LogP contribution in [0.1, 0.15) is 23.0 Å². The largest absolute Gasteiger partial charge is 0.477 e. The second-order valence-corrected chi connectivity index (χ2v) is 6.12. The van der Waals surface area contributed by atoms with Crippen molar-refractivity contribution < 1.29 is 18.3 Å². The first kappa shape index (κ1) is 13.9. The summed E-state index contributed by atoms with van der Waals surface area (Å²) in [5, 5.41) is 10.0. The van der Waals surface area contributed by atoms with E-state index in [1.54, 1.807) is 13.0 Å². The van der Waals surface area contributed by atoms with Gasteiger partial charge in [0.2, 0.25) is 10.0 Å². The van der Waals surface area contributed by atoms with Crippen LogP contribution in [-0.2, 0) is 10.0 Å². The monoisotopic (exact) mass is 275 g/mol. The van der Waals surface area contributed by atoms with Crippen molar-refractivity contribution >= 4 is 27.3 Å². The van der Waals surface area contributed by atoms with Crippen molar-refractivity contribution in [2.45, 2.75) is 24.3 Å². The molecule has 1 aromatic rings. The Labute approximate surface area is 104 Å². The number of hydrogen-bond acceptors (Lipinski definition) is 4. The highest BCUT2D eigenvalue weighted by Crippen LogP contribution is 2.19. The number of nitrogens with one attached hydrogen (secondary N) is 1. The number of carbonyl (C=O) groups is 1. The molecule has 1 unspecified atom stereocenters. The van der Waals surface area contributed by atoms with Gasteiger partial charge in [-0.15, -0.1) is 17.9 Å². The maximum atomic E-state index is 11.8. The molecule has 0 amide bonds.